The van der Waals surface area contributed by atoms with E-state index >= 15 is 0 Å². The number of aliphatic hydroxyl groups excluding tert-OH is 1. The Hall–Kier alpha value is -2.54. The zero-order valence-corrected chi connectivity index (χ0v) is 21.5. The molecule has 0 aliphatic heterocycles. The molecule has 1 saturated carbocycles. The number of rotatable bonds is 10. The molecule has 2 aromatic carbocycles. The van der Waals surface area contributed by atoms with Crippen LogP contribution in [0.25, 0.3) is 21.5 Å². The van der Waals surface area contributed by atoms with E-state index in [1.54, 1.807) is 24.3 Å². The molecule has 1 N–H and O–H groups in total. The summed E-state index contributed by atoms with van der Waals surface area (Å²) in [5.41, 5.74) is 2.56. The summed E-state index contributed by atoms with van der Waals surface area (Å²) in [4.78, 5) is 4.24. The van der Waals surface area contributed by atoms with Gasteiger partial charge in [-0.05, 0) is 56.4 Å². The molecule has 1 atom stereocenters. The summed E-state index contributed by atoms with van der Waals surface area (Å²) in [6.45, 7) is 0.810. The molecule has 0 spiro atoms. The van der Waals surface area contributed by atoms with E-state index in [0.717, 1.165) is 36.7 Å². The fourth-order valence-corrected chi connectivity index (χ4v) is 5.72. The van der Waals surface area contributed by atoms with Crippen molar-refractivity contribution in [3.05, 3.63) is 68.1 Å². The van der Waals surface area contributed by atoms with Gasteiger partial charge < -0.3 is 14.4 Å². The van der Waals surface area contributed by atoms with Crippen LogP contribution >= 0.6 is 34.5 Å². The molecule has 4 aromatic rings. The minimum atomic E-state index is -0.805. The van der Waals surface area contributed by atoms with E-state index in [2.05, 4.69) is 10.1 Å². The largest absolute Gasteiger partial charge is 0.386 e. The summed E-state index contributed by atoms with van der Waals surface area (Å²) in [5.74, 6) is 0.632. The van der Waals surface area contributed by atoms with Crippen molar-refractivity contribution in [3.8, 4) is 17.3 Å². The standard InChI is InChI=1S/C26H22Cl2FN3O3S/c27-17-4-3-5-18(28)22(17)23-16(25(35-32-23)15-7-8-15)13-34-9-2-1-6-20(33)26-31-24-19(29)10-14(12-30)11-21(24)36-26/h3-5,10-11,15,20,33H,1-2,6-9,13H2. The third-order valence-electron chi connectivity index (χ3n) is 6.11. The highest BCUT2D eigenvalue weighted by Crippen LogP contribution is 2.46. The Morgan fingerprint density at radius 2 is 2.03 bits per heavy atom. The highest BCUT2D eigenvalue weighted by atomic mass is 35.5. The first-order valence-electron chi connectivity index (χ1n) is 11.6. The second kappa shape index (κ2) is 10.8. The van der Waals surface area contributed by atoms with Crippen molar-refractivity contribution < 1.29 is 18.8 Å². The Kier molecular flexibility index (Phi) is 7.56. The van der Waals surface area contributed by atoms with Crippen molar-refractivity contribution in [2.24, 2.45) is 0 Å². The summed E-state index contributed by atoms with van der Waals surface area (Å²) < 4.78 is 26.3. The van der Waals surface area contributed by atoms with E-state index in [-0.39, 0.29) is 11.1 Å². The lowest BCUT2D eigenvalue weighted by Crippen LogP contribution is -2.01. The number of aromatic nitrogens is 2. The maximum absolute atomic E-state index is 14.2. The highest BCUT2D eigenvalue weighted by Gasteiger charge is 2.33. The highest BCUT2D eigenvalue weighted by molar-refractivity contribution is 7.18. The second-order valence-electron chi connectivity index (χ2n) is 8.78. The topological polar surface area (TPSA) is 92.2 Å². The Morgan fingerprint density at radius 1 is 1.25 bits per heavy atom. The van der Waals surface area contributed by atoms with Crippen LogP contribution in [-0.4, -0.2) is 21.9 Å². The molecule has 0 radical (unpaired) electrons. The number of unbranched alkanes of at least 4 members (excludes halogenated alkanes) is 1. The molecule has 0 saturated heterocycles. The van der Waals surface area contributed by atoms with Crippen LogP contribution in [0.15, 0.2) is 34.9 Å². The number of hydrogen-bond acceptors (Lipinski definition) is 7. The number of aliphatic hydroxyl groups is 1. The molecule has 1 aliphatic carbocycles. The molecule has 1 unspecified atom stereocenters. The molecule has 36 heavy (non-hydrogen) atoms. The van der Waals surface area contributed by atoms with Crippen LogP contribution in [0.1, 0.15) is 66.0 Å². The number of fused-ring (bicyclic) bond motifs is 1. The first-order chi connectivity index (χ1) is 17.5. The van der Waals surface area contributed by atoms with E-state index in [0.29, 0.717) is 63.0 Å². The maximum atomic E-state index is 14.2. The molecule has 1 aliphatic rings. The van der Waals surface area contributed by atoms with Gasteiger partial charge in [0.25, 0.3) is 0 Å². The SMILES string of the molecule is N#Cc1cc(F)c2nc(C(O)CCCCOCc3c(-c4c(Cl)cccc4Cl)noc3C3CC3)sc2c1. The van der Waals surface area contributed by atoms with E-state index < -0.39 is 11.9 Å². The van der Waals surface area contributed by atoms with Crippen LogP contribution in [-0.2, 0) is 11.3 Å². The van der Waals surface area contributed by atoms with Gasteiger partial charge in [-0.2, -0.15) is 5.26 Å². The van der Waals surface area contributed by atoms with Crippen molar-refractivity contribution in [3.63, 3.8) is 0 Å². The third kappa shape index (κ3) is 5.26. The van der Waals surface area contributed by atoms with Gasteiger partial charge in [-0.1, -0.05) is 34.4 Å². The van der Waals surface area contributed by atoms with Gasteiger partial charge in [0, 0.05) is 23.7 Å². The van der Waals surface area contributed by atoms with E-state index in [1.807, 2.05) is 6.07 Å². The normalized spacial score (nSPS) is 14.3. The Bertz CT molecular complexity index is 1420. The van der Waals surface area contributed by atoms with Gasteiger partial charge in [-0.25, -0.2) is 9.37 Å². The fourth-order valence-electron chi connectivity index (χ4n) is 4.10. The van der Waals surface area contributed by atoms with Gasteiger partial charge in [0.1, 0.15) is 28.1 Å². The predicted molar refractivity (Wildman–Crippen MR) is 137 cm³/mol. The average molecular weight is 546 g/mol. The summed E-state index contributed by atoms with van der Waals surface area (Å²) in [5, 5.41) is 25.3. The summed E-state index contributed by atoms with van der Waals surface area (Å²) in [7, 11) is 0. The molecule has 2 aromatic heterocycles. The molecule has 10 heteroatoms. The molecule has 6 nitrogen and oxygen atoms in total. The van der Waals surface area contributed by atoms with Crippen LogP contribution in [0.5, 0.6) is 0 Å². The molecule has 0 amide bonds. The van der Waals surface area contributed by atoms with Gasteiger partial charge in [0.05, 0.1) is 33.0 Å². The zero-order valence-electron chi connectivity index (χ0n) is 19.1. The Morgan fingerprint density at radius 3 is 2.75 bits per heavy atom. The molecule has 0 bridgehead atoms. The van der Waals surface area contributed by atoms with Gasteiger partial charge in [-0.15, -0.1) is 11.3 Å². The second-order valence-corrected chi connectivity index (χ2v) is 10.7. The number of benzene rings is 2. The smallest absolute Gasteiger partial charge is 0.151 e. The fraction of sp³-hybridized carbons (Fsp3) is 0.346. The van der Waals surface area contributed by atoms with Crippen LogP contribution in [0, 0.1) is 17.1 Å². The summed E-state index contributed by atoms with van der Waals surface area (Å²) >= 11 is 14.0. The molecule has 186 valence electrons. The van der Waals surface area contributed by atoms with Crippen molar-refractivity contribution in [2.75, 3.05) is 6.61 Å². The minimum absolute atomic E-state index is 0.186. The van der Waals surface area contributed by atoms with Crippen molar-refractivity contribution in [2.45, 2.75) is 50.7 Å². The molecule has 5 rings (SSSR count). The van der Waals surface area contributed by atoms with E-state index in [4.69, 9.17) is 37.7 Å². The zero-order chi connectivity index (χ0) is 25.2. The van der Waals surface area contributed by atoms with Crippen molar-refractivity contribution in [1.29, 1.82) is 5.26 Å². The lowest BCUT2D eigenvalue weighted by molar-refractivity contribution is 0.108. The van der Waals surface area contributed by atoms with Crippen LogP contribution in [0.4, 0.5) is 4.39 Å². The monoisotopic (exact) mass is 545 g/mol. The number of hydrogen-bond donors (Lipinski definition) is 1. The van der Waals surface area contributed by atoms with Gasteiger partial charge in [-0.3, -0.25) is 0 Å². The number of nitrogens with zero attached hydrogens (tertiary/aromatic N) is 3. The third-order valence-corrected chi connectivity index (χ3v) is 7.84. The maximum Gasteiger partial charge on any atom is 0.151 e. The summed E-state index contributed by atoms with van der Waals surface area (Å²) in [6, 6.07) is 10.0. The van der Waals surface area contributed by atoms with Crippen LogP contribution in [0.3, 0.4) is 0 Å². The summed E-state index contributed by atoms with van der Waals surface area (Å²) in [6.07, 6.45) is 3.21. The lowest BCUT2D eigenvalue weighted by Gasteiger charge is -2.09. The van der Waals surface area contributed by atoms with Crippen molar-refractivity contribution in [1.82, 2.24) is 10.1 Å². The molecule has 1 fully saturated rings. The van der Waals surface area contributed by atoms with E-state index in [1.165, 1.54) is 11.3 Å². The Balaban J connectivity index is 1.17. The lowest BCUT2D eigenvalue weighted by atomic mass is 10.0. The first-order valence-corrected chi connectivity index (χ1v) is 13.2. The molecular formula is C26H22Cl2FN3O3S. The average Bonchev–Trinajstić information content (AvgIpc) is 3.47. The van der Waals surface area contributed by atoms with Crippen molar-refractivity contribution >= 4 is 44.8 Å². The first kappa shape index (κ1) is 25.1. The number of halogens is 3. The van der Waals surface area contributed by atoms with Gasteiger partial charge in [0.2, 0.25) is 0 Å². The number of ether oxygens (including phenoxy) is 1. The van der Waals surface area contributed by atoms with Gasteiger partial charge >= 0.3 is 0 Å². The Labute approximate surface area is 221 Å². The molecule has 2 heterocycles. The molecular weight excluding hydrogens is 524 g/mol. The predicted octanol–water partition coefficient (Wildman–Crippen LogP) is 7.57. The number of thiazole rings is 1. The van der Waals surface area contributed by atoms with Gasteiger partial charge in [0.15, 0.2) is 5.82 Å². The number of nitriles is 1. The van der Waals surface area contributed by atoms with Crippen LogP contribution in [0.2, 0.25) is 10.0 Å². The van der Waals surface area contributed by atoms with Crippen LogP contribution < -0.4 is 0 Å². The van der Waals surface area contributed by atoms with E-state index in [9.17, 15) is 9.50 Å². The minimum Gasteiger partial charge on any atom is -0.386 e. The quantitative estimate of drug-likeness (QED) is 0.206.